The molecule has 5 heteroatoms. The minimum absolute atomic E-state index is 0.159. The van der Waals surface area contributed by atoms with E-state index in [0.29, 0.717) is 6.54 Å². The van der Waals surface area contributed by atoms with Gasteiger partial charge in [0, 0.05) is 30.5 Å². The number of nitrogens with one attached hydrogen (secondary N) is 2. The highest BCUT2D eigenvalue weighted by Crippen LogP contribution is 2.29. The van der Waals surface area contributed by atoms with Gasteiger partial charge in [-0.25, -0.2) is 0 Å². The van der Waals surface area contributed by atoms with Crippen molar-refractivity contribution >= 4 is 38.8 Å². The molecular formula is C19H26BrN3O. The van der Waals surface area contributed by atoms with Crippen LogP contribution in [0.3, 0.4) is 0 Å². The quantitative estimate of drug-likeness (QED) is 0.750. The smallest absolute Gasteiger partial charge is 0.230 e. The second-order valence-electron chi connectivity index (χ2n) is 5.87. The number of H-pyrrole nitrogens is 1. The molecule has 24 heavy (non-hydrogen) atoms. The SMILES string of the molecule is CCN(CC)C(=O)[C@H](/C=C/c1cccc2[nH]c(Br)c(C)c12)CNC. The summed E-state index contributed by atoms with van der Waals surface area (Å²) in [5, 5.41) is 4.32. The summed E-state index contributed by atoms with van der Waals surface area (Å²) >= 11 is 3.56. The number of carbonyl (C=O) groups excluding carboxylic acids is 1. The Hall–Kier alpha value is -1.59. The average Bonchev–Trinajstić information content (AvgIpc) is 2.87. The molecule has 2 rings (SSSR count). The lowest BCUT2D eigenvalue weighted by molar-refractivity contribution is -0.133. The molecule has 1 amide bonds. The van der Waals surface area contributed by atoms with Crippen molar-refractivity contribution in [2.45, 2.75) is 20.8 Å². The number of hydrogen-bond acceptors (Lipinski definition) is 2. The molecule has 0 fully saturated rings. The van der Waals surface area contributed by atoms with Crippen LogP contribution in [0, 0.1) is 12.8 Å². The highest BCUT2D eigenvalue weighted by molar-refractivity contribution is 9.10. The lowest BCUT2D eigenvalue weighted by Gasteiger charge is -2.23. The topological polar surface area (TPSA) is 48.1 Å². The second-order valence-corrected chi connectivity index (χ2v) is 6.66. The van der Waals surface area contributed by atoms with Crippen LogP contribution in [0.25, 0.3) is 17.0 Å². The molecule has 0 aliphatic heterocycles. The van der Waals surface area contributed by atoms with Crippen molar-refractivity contribution in [1.82, 2.24) is 15.2 Å². The molecule has 0 unspecified atom stereocenters. The monoisotopic (exact) mass is 391 g/mol. The zero-order valence-electron chi connectivity index (χ0n) is 14.8. The van der Waals surface area contributed by atoms with Gasteiger partial charge in [-0.15, -0.1) is 0 Å². The Morgan fingerprint density at radius 3 is 2.71 bits per heavy atom. The van der Waals surface area contributed by atoms with Gasteiger partial charge in [0.15, 0.2) is 0 Å². The van der Waals surface area contributed by atoms with E-state index in [4.69, 9.17) is 0 Å². The predicted molar refractivity (Wildman–Crippen MR) is 105 cm³/mol. The Morgan fingerprint density at radius 2 is 2.08 bits per heavy atom. The highest BCUT2D eigenvalue weighted by Gasteiger charge is 2.19. The van der Waals surface area contributed by atoms with Crippen molar-refractivity contribution in [1.29, 1.82) is 0 Å². The molecule has 1 heterocycles. The maximum Gasteiger partial charge on any atom is 0.230 e. The van der Waals surface area contributed by atoms with E-state index >= 15 is 0 Å². The number of fused-ring (bicyclic) bond motifs is 1. The second kappa shape index (κ2) is 8.49. The maximum absolute atomic E-state index is 12.7. The molecule has 0 bridgehead atoms. The molecule has 0 saturated carbocycles. The summed E-state index contributed by atoms with van der Waals surface area (Å²) in [6.07, 6.45) is 4.09. The van der Waals surface area contributed by atoms with Crippen LogP contribution >= 0.6 is 15.9 Å². The van der Waals surface area contributed by atoms with Gasteiger partial charge >= 0.3 is 0 Å². The first-order valence-electron chi connectivity index (χ1n) is 8.41. The summed E-state index contributed by atoms with van der Waals surface area (Å²) in [6.45, 7) is 8.24. The molecule has 0 aliphatic rings. The number of hydrogen-bond donors (Lipinski definition) is 2. The molecule has 0 aliphatic carbocycles. The lowest BCUT2D eigenvalue weighted by Crippen LogP contribution is -2.38. The molecular weight excluding hydrogens is 366 g/mol. The Balaban J connectivity index is 2.34. The zero-order chi connectivity index (χ0) is 17.7. The minimum atomic E-state index is -0.159. The normalized spacial score (nSPS) is 12.9. The molecule has 0 saturated heterocycles. The van der Waals surface area contributed by atoms with Crippen molar-refractivity contribution in [2.24, 2.45) is 5.92 Å². The molecule has 1 aromatic carbocycles. The van der Waals surface area contributed by atoms with Gasteiger partial charge in [-0.3, -0.25) is 4.79 Å². The highest BCUT2D eigenvalue weighted by atomic mass is 79.9. The van der Waals surface area contributed by atoms with E-state index in [1.807, 2.05) is 37.9 Å². The average molecular weight is 392 g/mol. The Kier molecular flexibility index (Phi) is 6.63. The number of amides is 1. The molecule has 1 atom stereocenters. The van der Waals surface area contributed by atoms with Crippen molar-refractivity contribution in [3.63, 3.8) is 0 Å². The molecule has 2 aromatic rings. The van der Waals surface area contributed by atoms with Gasteiger partial charge in [0.05, 0.1) is 10.5 Å². The number of aryl methyl sites for hydroxylation is 1. The lowest BCUT2D eigenvalue weighted by atomic mass is 10.0. The first kappa shape index (κ1) is 18.7. The number of carbonyl (C=O) groups is 1. The Morgan fingerprint density at radius 1 is 1.38 bits per heavy atom. The van der Waals surface area contributed by atoms with Crippen molar-refractivity contribution in [3.8, 4) is 0 Å². The number of benzene rings is 1. The van der Waals surface area contributed by atoms with Gasteiger partial charge in [-0.1, -0.05) is 24.3 Å². The number of nitrogens with zero attached hydrogens (tertiary/aromatic N) is 1. The van der Waals surface area contributed by atoms with Crippen LogP contribution in [0.5, 0.6) is 0 Å². The van der Waals surface area contributed by atoms with Gasteiger partial charge in [-0.2, -0.15) is 0 Å². The van der Waals surface area contributed by atoms with E-state index in [2.05, 4.69) is 51.4 Å². The fourth-order valence-electron chi connectivity index (χ4n) is 3.00. The van der Waals surface area contributed by atoms with Gasteiger partial charge in [0.1, 0.15) is 0 Å². The molecule has 130 valence electrons. The first-order chi connectivity index (χ1) is 11.5. The van der Waals surface area contributed by atoms with E-state index in [0.717, 1.165) is 28.8 Å². The molecule has 4 nitrogen and oxygen atoms in total. The summed E-state index contributed by atoms with van der Waals surface area (Å²) in [7, 11) is 1.88. The standard InChI is InChI=1S/C19H26BrN3O/c1-5-23(6-2)19(24)15(12-21-4)11-10-14-8-7-9-16-17(14)13(3)18(20)22-16/h7-11,15,21-22H,5-6,12H2,1-4H3/b11-10+/t15-/m1/s1. The van der Waals surface area contributed by atoms with Crippen molar-refractivity contribution in [3.05, 3.63) is 40.0 Å². The third-order valence-corrected chi connectivity index (χ3v) is 5.16. The van der Waals surface area contributed by atoms with Crippen LogP contribution in [0.2, 0.25) is 0 Å². The molecule has 2 N–H and O–H groups in total. The molecule has 0 spiro atoms. The van der Waals surface area contributed by atoms with Gasteiger partial charge in [-0.05, 0) is 60.9 Å². The summed E-state index contributed by atoms with van der Waals surface area (Å²) < 4.78 is 1.00. The summed E-state index contributed by atoms with van der Waals surface area (Å²) in [6, 6.07) is 6.19. The van der Waals surface area contributed by atoms with Crippen LogP contribution in [-0.2, 0) is 4.79 Å². The minimum Gasteiger partial charge on any atom is -0.349 e. The van der Waals surface area contributed by atoms with E-state index in [9.17, 15) is 4.79 Å². The van der Waals surface area contributed by atoms with Crippen molar-refractivity contribution in [2.75, 3.05) is 26.7 Å². The fraction of sp³-hybridized carbons (Fsp3) is 0.421. The van der Waals surface area contributed by atoms with Crippen LogP contribution in [0.1, 0.15) is 25.0 Å². The summed E-state index contributed by atoms with van der Waals surface area (Å²) in [5.41, 5.74) is 3.41. The third-order valence-electron chi connectivity index (χ3n) is 4.37. The summed E-state index contributed by atoms with van der Waals surface area (Å²) in [5.74, 6) is 0.0117. The molecule has 0 radical (unpaired) electrons. The third kappa shape index (κ3) is 3.90. The van der Waals surface area contributed by atoms with Gasteiger partial charge in [0.2, 0.25) is 5.91 Å². The van der Waals surface area contributed by atoms with Crippen molar-refractivity contribution < 1.29 is 4.79 Å². The number of rotatable bonds is 7. The van der Waals surface area contributed by atoms with E-state index in [1.54, 1.807) is 0 Å². The van der Waals surface area contributed by atoms with Crippen LogP contribution < -0.4 is 5.32 Å². The fourth-order valence-corrected chi connectivity index (χ4v) is 3.41. The van der Waals surface area contributed by atoms with Crippen LogP contribution in [0.15, 0.2) is 28.9 Å². The van der Waals surface area contributed by atoms with Crippen LogP contribution in [-0.4, -0.2) is 42.5 Å². The van der Waals surface area contributed by atoms with Gasteiger partial charge < -0.3 is 15.2 Å². The first-order valence-corrected chi connectivity index (χ1v) is 9.21. The summed E-state index contributed by atoms with van der Waals surface area (Å²) in [4.78, 5) is 17.9. The van der Waals surface area contributed by atoms with E-state index in [1.165, 1.54) is 10.9 Å². The van der Waals surface area contributed by atoms with E-state index < -0.39 is 0 Å². The van der Waals surface area contributed by atoms with E-state index in [-0.39, 0.29) is 11.8 Å². The number of aromatic amines is 1. The van der Waals surface area contributed by atoms with Crippen LogP contribution in [0.4, 0.5) is 0 Å². The number of halogens is 1. The Bertz CT molecular complexity index is 732. The Labute approximate surface area is 152 Å². The zero-order valence-corrected chi connectivity index (χ0v) is 16.4. The largest absolute Gasteiger partial charge is 0.349 e. The predicted octanol–water partition coefficient (Wildman–Crippen LogP) is 3.96. The molecule has 1 aromatic heterocycles. The maximum atomic E-state index is 12.7. The number of aromatic nitrogens is 1. The van der Waals surface area contributed by atoms with Gasteiger partial charge in [0.25, 0.3) is 0 Å².